The summed E-state index contributed by atoms with van der Waals surface area (Å²) in [4.78, 5) is 26.2. The second-order valence-corrected chi connectivity index (χ2v) is 8.28. The van der Waals surface area contributed by atoms with Crippen LogP contribution in [0.4, 0.5) is 22.5 Å². The number of thiazole rings is 1. The number of para-hydroxylation sites is 1. The summed E-state index contributed by atoms with van der Waals surface area (Å²) in [5, 5.41) is 10.4. The van der Waals surface area contributed by atoms with Crippen LogP contribution in [0.5, 0.6) is 0 Å². The Bertz CT molecular complexity index is 1450. The number of β-amino-alcohol motifs (C(OH)–C–C–N with tert-alkyl or cyclic N) is 1. The maximum Gasteiger partial charge on any atom is 0.267 e. The predicted octanol–water partition coefficient (Wildman–Crippen LogP) is 3.31. The SMILES string of the molecule is [2H]OCCN1C([2H])([2H])C([2H])([2H])N(c2cc(Nc3ncc(C(=O)Nc4c(C)cccc4Cl)s3)nc(C)n2)C([2H])([2H])C1([2H])[2H]. The van der Waals surface area contributed by atoms with E-state index in [1.54, 1.807) is 25.1 Å². The number of carbonyl (C=O) groups excluding carboxylic acids is 1. The van der Waals surface area contributed by atoms with Gasteiger partial charge in [-0.1, -0.05) is 35.1 Å². The lowest BCUT2D eigenvalue weighted by Gasteiger charge is -2.35. The highest BCUT2D eigenvalue weighted by atomic mass is 35.5. The Labute approximate surface area is 214 Å². The second-order valence-electron chi connectivity index (χ2n) is 6.84. The number of halogens is 1. The Hall–Kier alpha value is -2.79. The lowest BCUT2D eigenvalue weighted by molar-refractivity contribution is 0.103. The molecule has 1 aliphatic heterocycles. The topological polar surface area (TPSA) is 107 Å². The van der Waals surface area contributed by atoms with Crippen molar-refractivity contribution >= 4 is 51.3 Å². The number of aryl methyl sites for hydroxylation is 2. The maximum atomic E-state index is 12.8. The molecule has 0 radical (unpaired) electrons. The normalized spacial score (nSPS) is 24.5. The predicted molar refractivity (Wildman–Crippen MR) is 132 cm³/mol. The molecule has 3 aromatic rings. The van der Waals surface area contributed by atoms with Crippen molar-refractivity contribution < 1.29 is 20.9 Å². The number of nitrogens with zero attached hydrogens (tertiary/aromatic N) is 5. The van der Waals surface area contributed by atoms with Gasteiger partial charge < -0.3 is 20.6 Å². The third-order valence-electron chi connectivity index (χ3n) is 4.39. The average Bonchev–Trinajstić information content (AvgIpc) is 3.33. The molecule has 0 aliphatic carbocycles. The van der Waals surface area contributed by atoms with Gasteiger partial charge in [0, 0.05) is 44.1 Å². The zero-order valence-corrected chi connectivity index (χ0v) is 19.2. The van der Waals surface area contributed by atoms with Crippen molar-refractivity contribution in [3.63, 3.8) is 0 Å². The molecule has 1 aliphatic rings. The van der Waals surface area contributed by atoms with Crippen LogP contribution >= 0.6 is 22.9 Å². The first kappa shape index (κ1) is 14.5. The molecule has 1 saturated heterocycles. The number of carbonyl (C=O) groups is 1. The number of piperazine rings is 1. The van der Waals surface area contributed by atoms with Crippen LogP contribution in [0.2, 0.25) is 5.02 Å². The summed E-state index contributed by atoms with van der Waals surface area (Å²) in [6.07, 6.45) is 1.32. The Morgan fingerprint density at radius 1 is 1.30 bits per heavy atom. The lowest BCUT2D eigenvalue weighted by atomic mass is 10.2. The lowest BCUT2D eigenvalue weighted by Crippen LogP contribution is -2.47. The molecule has 0 unspecified atom stereocenters. The van der Waals surface area contributed by atoms with Crippen LogP contribution in [0.3, 0.4) is 0 Å². The van der Waals surface area contributed by atoms with E-state index in [1.165, 1.54) is 13.1 Å². The molecular weight excluding hydrogens is 462 g/mol. The van der Waals surface area contributed by atoms with Gasteiger partial charge in [0.25, 0.3) is 5.91 Å². The number of hydrogen-bond donors (Lipinski definition) is 3. The van der Waals surface area contributed by atoms with E-state index >= 15 is 0 Å². The Morgan fingerprint density at radius 2 is 2.12 bits per heavy atom. The Balaban J connectivity index is 1.65. The van der Waals surface area contributed by atoms with Crippen LogP contribution < -0.4 is 15.5 Å². The fraction of sp³-hybridized carbons (Fsp3) is 0.364. The van der Waals surface area contributed by atoms with Crippen molar-refractivity contribution in [1.82, 2.24) is 19.9 Å². The number of aliphatic hydroxyl groups is 1. The van der Waals surface area contributed by atoms with Gasteiger partial charge in [-0.3, -0.25) is 9.69 Å². The first-order chi connectivity index (χ1) is 19.4. The molecule has 1 aromatic carbocycles. The van der Waals surface area contributed by atoms with Crippen molar-refractivity contribution in [3.05, 3.63) is 51.7 Å². The maximum absolute atomic E-state index is 12.8. The van der Waals surface area contributed by atoms with Gasteiger partial charge in [-0.25, -0.2) is 15.0 Å². The summed E-state index contributed by atoms with van der Waals surface area (Å²) >= 11 is 7.17. The number of nitrogens with one attached hydrogen (secondary N) is 2. The minimum Gasteiger partial charge on any atom is -0.395 e. The molecule has 0 atom stereocenters. The summed E-state index contributed by atoms with van der Waals surface area (Å²) in [5.41, 5.74) is 1.22. The molecule has 33 heavy (non-hydrogen) atoms. The summed E-state index contributed by atoms with van der Waals surface area (Å²) in [6, 6.07) is 6.33. The first-order valence-electron chi connectivity index (χ1n) is 14.2. The standard InChI is InChI=1S/C22H26ClN7O2S/c1-14-4-3-5-16(23)20(14)28-21(32)17-13-24-22(33-17)27-18-12-19(26-15(2)25-18)30-8-6-29(7-9-30)10-11-31/h3-5,12-13,31H,6-11H2,1-2H3,(H,28,32)(H,24,25,26,27)/i6D2,7D2,8D2,9D2,31D. The third-order valence-corrected chi connectivity index (χ3v) is 5.61. The summed E-state index contributed by atoms with van der Waals surface area (Å²) in [5.74, 6) is -0.848. The molecule has 3 heterocycles. The molecule has 1 amide bonds. The highest BCUT2D eigenvalue weighted by molar-refractivity contribution is 7.17. The fourth-order valence-corrected chi connectivity index (χ4v) is 3.82. The minimum atomic E-state index is -3.16. The minimum absolute atomic E-state index is 0.0125. The van der Waals surface area contributed by atoms with Gasteiger partial charge in [0.2, 0.25) is 1.43 Å². The van der Waals surface area contributed by atoms with E-state index in [0.29, 0.717) is 20.5 Å². The van der Waals surface area contributed by atoms with Crippen molar-refractivity contribution in [2.45, 2.75) is 13.8 Å². The third kappa shape index (κ3) is 5.77. The molecule has 1 fully saturated rings. The smallest absolute Gasteiger partial charge is 0.267 e. The summed E-state index contributed by atoms with van der Waals surface area (Å²) in [7, 11) is 0. The second kappa shape index (κ2) is 10.4. The van der Waals surface area contributed by atoms with Gasteiger partial charge in [-0.2, -0.15) is 0 Å². The van der Waals surface area contributed by atoms with Gasteiger partial charge >= 0.3 is 0 Å². The largest absolute Gasteiger partial charge is 0.395 e. The van der Waals surface area contributed by atoms with E-state index in [-0.39, 0.29) is 21.7 Å². The van der Waals surface area contributed by atoms with Gasteiger partial charge in [0.15, 0.2) is 5.13 Å². The van der Waals surface area contributed by atoms with Gasteiger partial charge in [0.05, 0.1) is 29.0 Å². The zero-order chi connectivity index (χ0) is 31.3. The molecular formula is C22H26ClN7O2S. The number of rotatable bonds is 8. The monoisotopic (exact) mass is 496 g/mol. The van der Waals surface area contributed by atoms with Crippen LogP contribution in [0.15, 0.2) is 30.5 Å². The quantitative estimate of drug-likeness (QED) is 0.436. The van der Waals surface area contributed by atoms with Crippen molar-refractivity contribution in [1.29, 1.82) is 1.43 Å². The summed E-state index contributed by atoms with van der Waals surface area (Å²) < 4.78 is 75.0. The average molecular weight is 497 g/mol. The number of benzene rings is 1. The molecule has 11 heteroatoms. The van der Waals surface area contributed by atoms with Crippen molar-refractivity contribution in [2.75, 3.05) is 54.7 Å². The molecule has 0 saturated carbocycles. The van der Waals surface area contributed by atoms with E-state index in [1.807, 2.05) is 0 Å². The molecule has 3 N–H and O–H groups in total. The molecule has 2 aromatic heterocycles. The number of hydrogen-bond acceptors (Lipinski definition) is 9. The van der Waals surface area contributed by atoms with E-state index in [9.17, 15) is 4.79 Å². The van der Waals surface area contributed by atoms with Gasteiger partial charge in [-0.15, -0.1) is 0 Å². The van der Waals surface area contributed by atoms with E-state index in [2.05, 4.69) is 30.7 Å². The molecule has 9 nitrogen and oxygen atoms in total. The number of amides is 1. The van der Waals surface area contributed by atoms with Crippen LogP contribution in [-0.4, -0.2) is 71.4 Å². The van der Waals surface area contributed by atoms with Gasteiger partial charge in [0.1, 0.15) is 22.3 Å². The van der Waals surface area contributed by atoms with Crippen LogP contribution in [-0.2, 0) is 0 Å². The van der Waals surface area contributed by atoms with Crippen LogP contribution in [0.25, 0.3) is 0 Å². The van der Waals surface area contributed by atoms with Gasteiger partial charge in [-0.05, 0) is 25.5 Å². The van der Waals surface area contributed by atoms with Crippen molar-refractivity contribution in [3.8, 4) is 0 Å². The van der Waals surface area contributed by atoms with Crippen molar-refractivity contribution in [2.24, 2.45) is 0 Å². The molecule has 0 spiro atoms. The number of anilines is 4. The number of aliphatic hydroxyl groups excluding tert-OH is 1. The van der Waals surface area contributed by atoms with E-state index in [4.69, 9.17) is 24.0 Å². The zero-order valence-electron chi connectivity index (χ0n) is 26.6. The molecule has 0 bridgehead atoms. The van der Waals surface area contributed by atoms with Crippen LogP contribution in [0, 0.1) is 13.8 Å². The summed E-state index contributed by atoms with van der Waals surface area (Å²) in [6.45, 7) is -10.4. The first-order valence-corrected chi connectivity index (χ1v) is 11.0. The van der Waals surface area contributed by atoms with E-state index < -0.39 is 50.9 Å². The fourth-order valence-electron chi connectivity index (χ4n) is 2.84. The Kier molecular flexibility index (Phi) is 4.57. The Morgan fingerprint density at radius 3 is 2.88 bits per heavy atom. The highest BCUT2D eigenvalue weighted by Crippen LogP contribution is 2.28. The molecule has 4 rings (SSSR count). The van der Waals surface area contributed by atoms with Crippen LogP contribution in [0.1, 0.15) is 32.0 Å². The highest BCUT2D eigenvalue weighted by Gasteiger charge is 2.19. The van der Waals surface area contributed by atoms with E-state index in [0.717, 1.165) is 23.0 Å². The molecule has 174 valence electrons. The number of aromatic nitrogens is 3.